The van der Waals surface area contributed by atoms with Crippen LogP contribution in [0, 0.1) is 5.82 Å². The van der Waals surface area contributed by atoms with Gasteiger partial charge in [-0.1, -0.05) is 6.07 Å². The fourth-order valence-corrected chi connectivity index (χ4v) is 3.28. The summed E-state index contributed by atoms with van der Waals surface area (Å²) >= 11 is 1.49. The van der Waals surface area contributed by atoms with Gasteiger partial charge >= 0.3 is 0 Å². The van der Waals surface area contributed by atoms with Crippen molar-refractivity contribution in [1.82, 2.24) is 0 Å². The molecular weight excluding hydrogens is 329 g/mol. The molecule has 0 aliphatic carbocycles. The molecule has 22 heavy (non-hydrogen) atoms. The number of anilines is 1. The van der Waals surface area contributed by atoms with Gasteiger partial charge in [-0.05, 0) is 48.2 Å². The molecule has 1 N–H and O–H groups in total. The number of carbonyl (C=O) groups excluding carboxylic acids is 1. The number of halogens is 1. The molecule has 0 saturated carbocycles. The second-order valence-corrected chi connectivity index (χ2v) is 6.80. The summed E-state index contributed by atoms with van der Waals surface area (Å²) in [5, 5.41) is 10.8. The third-order valence-electron chi connectivity index (χ3n) is 2.80. The van der Waals surface area contributed by atoms with Crippen molar-refractivity contribution in [2.45, 2.75) is 9.79 Å². The Morgan fingerprint density at radius 3 is 2.36 bits per heavy atom. The number of hydrogen-bond acceptors (Lipinski definition) is 5. The molecule has 0 unspecified atom stereocenters. The van der Waals surface area contributed by atoms with Gasteiger partial charge in [-0.15, -0.1) is 11.8 Å². The molecule has 2 aromatic carbocycles. The number of carboxylic acid groups (broad SMARTS) is 1. The van der Waals surface area contributed by atoms with E-state index in [0.29, 0.717) is 0 Å². The Kier molecular flexibility index (Phi) is 4.72. The maximum atomic E-state index is 13.7. The van der Waals surface area contributed by atoms with Crippen LogP contribution >= 0.6 is 11.8 Å². The molecule has 2 rings (SSSR count). The highest BCUT2D eigenvalue weighted by molar-refractivity contribution is 7.98. The molecule has 0 aliphatic heterocycles. The van der Waals surface area contributed by atoms with Gasteiger partial charge in [-0.25, -0.2) is 12.8 Å². The standard InChI is InChI=1S/C14H12FNO4S2/c1-21-11-5-3-10(4-6-11)16-22(19,20)13-8-9(14(17)18)2-7-12(13)15/h2-8,16H,1H3,(H,17,18)/p-1. The molecule has 0 aromatic heterocycles. The first kappa shape index (κ1) is 16.3. The topological polar surface area (TPSA) is 86.3 Å². The highest BCUT2D eigenvalue weighted by Gasteiger charge is 2.20. The van der Waals surface area contributed by atoms with Gasteiger partial charge in [0.25, 0.3) is 10.0 Å². The summed E-state index contributed by atoms with van der Waals surface area (Å²) in [6.07, 6.45) is 1.87. The van der Waals surface area contributed by atoms with Crippen molar-refractivity contribution in [3.05, 3.63) is 53.8 Å². The number of carbonyl (C=O) groups is 1. The summed E-state index contributed by atoms with van der Waals surface area (Å²) in [6, 6.07) is 8.91. The van der Waals surface area contributed by atoms with Crippen LogP contribution in [0.25, 0.3) is 0 Å². The average Bonchev–Trinajstić information content (AvgIpc) is 2.47. The highest BCUT2D eigenvalue weighted by Crippen LogP contribution is 2.22. The zero-order valence-electron chi connectivity index (χ0n) is 11.4. The Morgan fingerprint density at radius 1 is 1.18 bits per heavy atom. The normalized spacial score (nSPS) is 11.2. The lowest BCUT2D eigenvalue weighted by molar-refractivity contribution is -0.255. The summed E-state index contributed by atoms with van der Waals surface area (Å²) in [7, 11) is -4.24. The number of sulfonamides is 1. The minimum absolute atomic E-state index is 0.246. The van der Waals surface area contributed by atoms with E-state index in [0.717, 1.165) is 23.1 Å². The number of benzene rings is 2. The van der Waals surface area contributed by atoms with Gasteiger partial charge in [0, 0.05) is 10.6 Å². The van der Waals surface area contributed by atoms with Crippen LogP contribution in [-0.4, -0.2) is 20.6 Å². The third kappa shape index (κ3) is 3.58. The number of aromatic carboxylic acids is 1. The lowest BCUT2D eigenvalue weighted by atomic mass is 10.2. The van der Waals surface area contributed by atoms with Crippen molar-refractivity contribution in [3.63, 3.8) is 0 Å². The summed E-state index contributed by atoms with van der Waals surface area (Å²) in [6.45, 7) is 0. The van der Waals surface area contributed by atoms with Crippen molar-refractivity contribution >= 4 is 33.4 Å². The molecule has 0 amide bonds. The lowest BCUT2D eigenvalue weighted by Crippen LogP contribution is -2.23. The first-order chi connectivity index (χ1) is 10.3. The molecule has 0 spiro atoms. The van der Waals surface area contributed by atoms with Gasteiger partial charge in [0.2, 0.25) is 0 Å². The van der Waals surface area contributed by atoms with Crippen molar-refractivity contribution in [2.75, 3.05) is 11.0 Å². The SMILES string of the molecule is CSc1ccc(NS(=O)(=O)c2cc(C(=O)[O-])ccc2F)cc1. The Morgan fingerprint density at radius 2 is 1.82 bits per heavy atom. The Hall–Kier alpha value is -2.06. The van der Waals surface area contributed by atoms with Crippen LogP contribution < -0.4 is 9.83 Å². The van der Waals surface area contributed by atoms with E-state index in [4.69, 9.17) is 0 Å². The minimum Gasteiger partial charge on any atom is -0.545 e. The van der Waals surface area contributed by atoms with E-state index in [-0.39, 0.29) is 5.69 Å². The first-order valence-corrected chi connectivity index (χ1v) is 8.72. The number of rotatable bonds is 5. The summed E-state index contributed by atoms with van der Waals surface area (Å²) in [5.41, 5.74) is -0.171. The first-order valence-electron chi connectivity index (χ1n) is 6.01. The quantitative estimate of drug-likeness (QED) is 0.838. The molecule has 116 valence electrons. The molecular formula is C14H11FNO4S2-. The molecule has 0 aliphatic rings. The van der Waals surface area contributed by atoms with Gasteiger partial charge in [-0.3, -0.25) is 4.72 Å². The fraction of sp³-hybridized carbons (Fsp3) is 0.0714. The van der Waals surface area contributed by atoms with Crippen LogP contribution in [-0.2, 0) is 10.0 Å². The fourth-order valence-electron chi connectivity index (χ4n) is 1.71. The maximum absolute atomic E-state index is 13.7. The van der Waals surface area contributed by atoms with E-state index in [9.17, 15) is 22.7 Å². The molecule has 0 heterocycles. The molecule has 0 fully saturated rings. The van der Waals surface area contributed by atoms with E-state index >= 15 is 0 Å². The zero-order valence-corrected chi connectivity index (χ0v) is 13.0. The Labute approximate surface area is 131 Å². The van der Waals surface area contributed by atoms with Gasteiger partial charge in [0.05, 0.1) is 5.97 Å². The summed E-state index contributed by atoms with van der Waals surface area (Å²) in [5.74, 6) is -2.63. The number of hydrogen-bond donors (Lipinski definition) is 1. The Balaban J connectivity index is 2.37. The van der Waals surface area contributed by atoms with Crippen LogP contribution in [0.5, 0.6) is 0 Å². The van der Waals surface area contributed by atoms with Crippen LogP contribution in [0.1, 0.15) is 10.4 Å². The van der Waals surface area contributed by atoms with Gasteiger partial charge < -0.3 is 9.90 Å². The highest BCUT2D eigenvalue weighted by atomic mass is 32.2. The van der Waals surface area contributed by atoms with Crippen LogP contribution in [0.4, 0.5) is 10.1 Å². The molecule has 0 radical (unpaired) electrons. The van der Waals surface area contributed by atoms with E-state index in [2.05, 4.69) is 4.72 Å². The molecule has 0 saturated heterocycles. The average molecular weight is 340 g/mol. The van der Waals surface area contributed by atoms with E-state index < -0.39 is 32.3 Å². The van der Waals surface area contributed by atoms with E-state index in [1.807, 2.05) is 6.26 Å². The number of carboxylic acids is 1. The largest absolute Gasteiger partial charge is 0.545 e. The van der Waals surface area contributed by atoms with Crippen LogP contribution in [0.3, 0.4) is 0 Å². The van der Waals surface area contributed by atoms with E-state index in [1.54, 1.807) is 12.1 Å². The molecule has 2 aromatic rings. The zero-order chi connectivity index (χ0) is 16.3. The second kappa shape index (κ2) is 6.37. The Bertz CT molecular complexity index is 804. The lowest BCUT2D eigenvalue weighted by Gasteiger charge is -2.11. The maximum Gasteiger partial charge on any atom is 0.264 e. The molecule has 5 nitrogen and oxygen atoms in total. The number of thioether (sulfide) groups is 1. The molecule has 0 bridgehead atoms. The van der Waals surface area contributed by atoms with Crippen LogP contribution in [0.15, 0.2) is 52.3 Å². The monoisotopic (exact) mass is 340 g/mol. The summed E-state index contributed by atoms with van der Waals surface area (Å²) in [4.78, 5) is 11.0. The van der Waals surface area contributed by atoms with Gasteiger partial charge in [-0.2, -0.15) is 0 Å². The smallest absolute Gasteiger partial charge is 0.264 e. The van der Waals surface area contributed by atoms with E-state index in [1.165, 1.54) is 23.9 Å². The predicted molar refractivity (Wildman–Crippen MR) is 79.8 cm³/mol. The van der Waals surface area contributed by atoms with Gasteiger partial charge in [0.15, 0.2) is 0 Å². The van der Waals surface area contributed by atoms with Crippen LogP contribution in [0.2, 0.25) is 0 Å². The predicted octanol–water partition coefficient (Wildman–Crippen LogP) is 1.71. The molecule has 8 heteroatoms. The second-order valence-electron chi connectivity index (χ2n) is 4.27. The van der Waals surface area contributed by atoms with Gasteiger partial charge in [0.1, 0.15) is 10.7 Å². The van der Waals surface area contributed by atoms with Crippen molar-refractivity contribution in [2.24, 2.45) is 0 Å². The van der Waals surface area contributed by atoms with Crippen molar-refractivity contribution < 1.29 is 22.7 Å². The molecule has 0 atom stereocenters. The third-order valence-corrected chi connectivity index (χ3v) is 4.94. The number of nitrogens with one attached hydrogen (secondary N) is 1. The minimum atomic E-state index is -4.24. The summed E-state index contributed by atoms with van der Waals surface area (Å²) < 4.78 is 40.3. The van der Waals surface area contributed by atoms with Crippen molar-refractivity contribution in [1.29, 1.82) is 0 Å². The van der Waals surface area contributed by atoms with Crippen molar-refractivity contribution in [3.8, 4) is 0 Å².